The number of ether oxygens (including phenoxy) is 1. The second kappa shape index (κ2) is 6.55. The van der Waals surface area contributed by atoms with Gasteiger partial charge in [0.1, 0.15) is 4.90 Å². The second-order valence-electron chi connectivity index (χ2n) is 5.55. The number of sulfonamides is 1. The average molecular weight is 372 g/mol. The number of fused-ring (bicyclic) bond motifs is 1. The number of pyridine rings is 1. The van der Waals surface area contributed by atoms with E-state index in [9.17, 15) is 21.6 Å². The highest BCUT2D eigenvalue weighted by atomic mass is 32.2. The minimum atomic E-state index is -4.48. The molecule has 0 aliphatic carbocycles. The number of anilines is 1. The van der Waals surface area contributed by atoms with Crippen LogP contribution in [0, 0.1) is 0 Å². The zero-order valence-corrected chi connectivity index (χ0v) is 13.8. The van der Waals surface area contributed by atoms with Gasteiger partial charge in [0, 0.05) is 12.6 Å². The Bertz CT molecular complexity index is 852. The molecule has 3 rings (SSSR count). The third kappa shape index (κ3) is 3.87. The molecule has 1 aromatic carbocycles. The van der Waals surface area contributed by atoms with Crippen LogP contribution >= 0.6 is 0 Å². The number of rotatable bonds is 4. The maximum atomic E-state index is 12.8. The first-order valence-corrected chi connectivity index (χ1v) is 8.98. The van der Waals surface area contributed by atoms with E-state index in [1.807, 2.05) is 12.1 Å². The van der Waals surface area contributed by atoms with Crippen LogP contribution < -0.4 is 9.04 Å². The molecule has 2 aromatic rings. The lowest BCUT2D eigenvalue weighted by atomic mass is 10.0. The van der Waals surface area contributed by atoms with Crippen LogP contribution in [0.4, 0.5) is 18.9 Å². The quantitative estimate of drug-likeness (QED) is 0.827. The van der Waals surface area contributed by atoms with E-state index in [1.54, 1.807) is 12.1 Å². The van der Waals surface area contributed by atoms with Gasteiger partial charge in [0.05, 0.1) is 11.9 Å². The van der Waals surface area contributed by atoms with Crippen molar-refractivity contribution in [3.05, 3.63) is 48.2 Å². The van der Waals surface area contributed by atoms with Crippen molar-refractivity contribution in [1.29, 1.82) is 0 Å². The van der Waals surface area contributed by atoms with Crippen LogP contribution in [0.25, 0.3) is 0 Å². The lowest BCUT2D eigenvalue weighted by molar-refractivity contribution is -0.154. The summed E-state index contributed by atoms with van der Waals surface area (Å²) in [5, 5.41) is 0. The number of alkyl halides is 3. The molecule has 0 N–H and O–H groups in total. The van der Waals surface area contributed by atoms with Gasteiger partial charge in [0.2, 0.25) is 5.88 Å². The molecule has 0 atom stereocenters. The second-order valence-corrected chi connectivity index (χ2v) is 7.41. The van der Waals surface area contributed by atoms with Crippen molar-refractivity contribution in [3.8, 4) is 5.88 Å². The van der Waals surface area contributed by atoms with Gasteiger partial charge in [-0.05, 0) is 30.5 Å². The number of aromatic nitrogens is 1. The van der Waals surface area contributed by atoms with Crippen LogP contribution in [-0.4, -0.2) is 32.7 Å². The van der Waals surface area contributed by atoms with Crippen molar-refractivity contribution in [2.75, 3.05) is 17.5 Å². The van der Waals surface area contributed by atoms with Crippen molar-refractivity contribution in [2.45, 2.75) is 23.9 Å². The number of hydrogen-bond acceptors (Lipinski definition) is 4. The molecular weight excluding hydrogens is 357 g/mol. The van der Waals surface area contributed by atoms with Crippen LogP contribution in [0.15, 0.2) is 47.5 Å². The summed E-state index contributed by atoms with van der Waals surface area (Å²) in [7, 11) is -3.84. The fraction of sp³-hybridized carbons (Fsp3) is 0.312. The van der Waals surface area contributed by atoms with E-state index in [0.717, 1.165) is 24.2 Å². The zero-order chi connectivity index (χ0) is 18.1. The summed E-state index contributed by atoms with van der Waals surface area (Å²) in [6, 6.07) is 9.55. The zero-order valence-electron chi connectivity index (χ0n) is 13.0. The molecule has 1 aromatic heterocycles. The summed E-state index contributed by atoms with van der Waals surface area (Å²) in [4.78, 5) is 3.58. The predicted octanol–water partition coefficient (Wildman–Crippen LogP) is 3.16. The molecule has 1 aliphatic rings. The normalized spacial score (nSPS) is 14.9. The van der Waals surface area contributed by atoms with Gasteiger partial charge in [-0.25, -0.2) is 13.4 Å². The molecule has 134 valence electrons. The third-order valence-corrected chi connectivity index (χ3v) is 5.55. The number of benzene rings is 1. The highest BCUT2D eigenvalue weighted by Gasteiger charge is 2.30. The summed E-state index contributed by atoms with van der Waals surface area (Å²) in [5.74, 6) is -0.282. The molecule has 0 saturated carbocycles. The van der Waals surface area contributed by atoms with Gasteiger partial charge in [-0.15, -0.1) is 0 Å². The topological polar surface area (TPSA) is 59.5 Å². The van der Waals surface area contributed by atoms with E-state index in [0.29, 0.717) is 18.7 Å². The molecule has 5 nitrogen and oxygen atoms in total. The van der Waals surface area contributed by atoms with Gasteiger partial charge in [0.15, 0.2) is 6.61 Å². The van der Waals surface area contributed by atoms with Crippen LogP contribution in [-0.2, 0) is 16.4 Å². The molecular formula is C16H15F3N2O3S. The maximum absolute atomic E-state index is 12.8. The first-order valence-electron chi connectivity index (χ1n) is 7.54. The van der Waals surface area contributed by atoms with E-state index in [1.165, 1.54) is 10.4 Å². The van der Waals surface area contributed by atoms with E-state index >= 15 is 0 Å². The fourth-order valence-electron chi connectivity index (χ4n) is 2.64. The SMILES string of the molecule is O=S(=O)(c1ccc(OCC(F)(F)F)nc1)N1CCCc2ccccc21. The van der Waals surface area contributed by atoms with Gasteiger partial charge < -0.3 is 4.74 Å². The van der Waals surface area contributed by atoms with E-state index in [4.69, 9.17) is 0 Å². The summed E-state index contributed by atoms with van der Waals surface area (Å²) in [6.07, 6.45) is -1.98. The highest BCUT2D eigenvalue weighted by molar-refractivity contribution is 7.92. The Morgan fingerprint density at radius 3 is 2.60 bits per heavy atom. The Kier molecular flexibility index (Phi) is 4.59. The van der Waals surface area contributed by atoms with Crippen molar-refractivity contribution < 1.29 is 26.3 Å². The van der Waals surface area contributed by atoms with Crippen molar-refractivity contribution >= 4 is 15.7 Å². The maximum Gasteiger partial charge on any atom is 0.422 e. The van der Waals surface area contributed by atoms with E-state index in [2.05, 4.69) is 9.72 Å². The van der Waals surface area contributed by atoms with Gasteiger partial charge in [-0.3, -0.25) is 4.31 Å². The first kappa shape index (κ1) is 17.5. The number of aryl methyl sites for hydroxylation is 1. The summed E-state index contributed by atoms with van der Waals surface area (Å²) < 4.78 is 67.9. The Morgan fingerprint density at radius 2 is 1.92 bits per heavy atom. The van der Waals surface area contributed by atoms with Crippen molar-refractivity contribution in [1.82, 2.24) is 4.98 Å². The number of hydrogen-bond donors (Lipinski definition) is 0. The van der Waals surface area contributed by atoms with Gasteiger partial charge >= 0.3 is 6.18 Å². The minimum Gasteiger partial charge on any atom is -0.468 e. The monoisotopic (exact) mass is 372 g/mol. The summed E-state index contributed by atoms with van der Waals surface area (Å²) in [6.45, 7) is -1.14. The summed E-state index contributed by atoms with van der Waals surface area (Å²) in [5.41, 5.74) is 1.56. The highest BCUT2D eigenvalue weighted by Crippen LogP contribution is 2.31. The van der Waals surface area contributed by atoms with Crippen LogP contribution in [0.3, 0.4) is 0 Å². The molecule has 0 unspecified atom stereocenters. The molecule has 0 bridgehead atoms. The molecule has 25 heavy (non-hydrogen) atoms. The Balaban J connectivity index is 1.84. The minimum absolute atomic E-state index is 0.0939. The van der Waals surface area contributed by atoms with Crippen LogP contribution in [0.2, 0.25) is 0 Å². The number of nitrogens with zero attached hydrogens (tertiary/aromatic N) is 2. The molecule has 1 aliphatic heterocycles. The first-order chi connectivity index (χ1) is 11.8. The largest absolute Gasteiger partial charge is 0.468 e. The molecule has 2 heterocycles. The van der Waals surface area contributed by atoms with Crippen molar-refractivity contribution in [2.24, 2.45) is 0 Å². The molecule has 0 saturated heterocycles. The number of halogens is 3. The average Bonchev–Trinajstić information content (AvgIpc) is 2.59. The Morgan fingerprint density at radius 1 is 1.16 bits per heavy atom. The van der Waals surface area contributed by atoms with E-state index in [-0.39, 0.29) is 10.8 Å². The van der Waals surface area contributed by atoms with Gasteiger partial charge in [-0.2, -0.15) is 13.2 Å². The van der Waals surface area contributed by atoms with Crippen LogP contribution in [0.5, 0.6) is 5.88 Å². The lowest BCUT2D eigenvalue weighted by Crippen LogP contribution is -2.35. The van der Waals surface area contributed by atoms with Crippen molar-refractivity contribution in [3.63, 3.8) is 0 Å². The Labute approximate surface area is 143 Å². The molecule has 9 heteroatoms. The van der Waals surface area contributed by atoms with Gasteiger partial charge in [0.25, 0.3) is 10.0 Å². The standard InChI is InChI=1S/C16H15F3N2O3S/c17-16(18,19)11-24-15-8-7-13(10-20-15)25(22,23)21-9-3-5-12-4-1-2-6-14(12)21/h1-2,4,6-8,10H,3,5,9,11H2. The number of para-hydroxylation sites is 1. The molecule has 0 fully saturated rings. The third-order valence-electron chi connectivity index (χ3n) is 3.75. The predicted molar refractivity (Wildman–Crippen MR) is 85.1 cm³/mol. The Hall–Kier alpha value is -2.29. The molecule has 0 amide bonds. The molecule has 0 radical (unpaired) electrons. The smallest absolute Gasteiger partial charge is 0.422 e. The summed E-state index contributed by atoms with van der Waals surface area (Å²) >= 11 is 0. The lowest BCUT2D eigenvalue weighted by Gasteiger charge is -2.30. The van der Waals surface area contributed by atoms with Gasteiger partial charge in [-0.1, -0.05) is 18.2 Å². The fourth-order valence-corrected chi connectivity index (χ4v) is 4.12. The van der Waals surface area contributed by atoms with Crippen LogP contribution in [0.1, 0.15) is 12.0 Å². The van der Waals surface area contributed by atoms with E-state index < -0.39 is 22.8 Å². The molecule has 0 spiro atoms.